The number of fused-ring (bicyclic) bond motifs is 1. The van der Waals surface area contributed by atoms with Gasteiger partial charge in [-0.1, -0.05) is 6.07 Å². The van der Waals surface area contributed by atoms with Crippen molar-refractivity contribution in [3.05, 3.63) is 101 Å². The molecular weight excluding hydrogens is 458 g/mol. The second-order valence-electron chi connectivity index (χ2n) is 8.81. The van der Waals surface area contributed by atoms with E-state index in [9.17, 15) is 0 Å². The molecule has 0 bridgehead atoms. The Morgan fingerprint density at radius 2 is 1.83 bits per heavy atom. The maximum Gasteiger partial charge on any atom is 0.231 e. The first-order valence-corrected chi connectivity index (χ1v) is 12.0. The van der Waals surface area contributed by atoms with E-state index in [0.29, 0.717) is 6.54 Å². The average Bonchev–Trinajstić information content (AvgIpc) is 3.56. The molecule has 2 atom stereocenters. The lowest BCUT2D eigenvalue weighted by Gasteiger charge is -2.28. The van der Waals surface area contributed by atoms with Gasteiger partial charge >= 0.3 is 0 Å². The minimum Gasteiger partial charge on any atom is -0.454 e. The van der Waals surface area contributed by atoms with Crippen molar-refractivity contribution >= 4 is 17.3 Å². The van der Waals surface area contributed by atoms with Gasteiger partial charge in [0.2, 0.25) is 6.79 Å². The second-order valence-corrected chi connectivity index (χ2v) is 9.20. The molecule has 1 N–H and O–H groups in total. The number of ether oxygens (including phenoxy) is 2. The summed E-state index contributed by atoms with van der Waals surface area (Å²) in [7, 11) is 0. The number of nitrogens with zero attached hydrogens (tertiary/aromatic N) is 4. The van der Waals surface area contributed by atoms with Crippen LogP contribution in [0.2, 0.25) is 0 Å². The number of hydrogen-bond donors (Lipinski definition) is 1. The van der Waals surface area contributed by atoms with Gasteiger partial charge < -0.3 is 24.3 Å². The molecule has 0 amide bonds. The van der Waals surface area contributed by atoms with Gasteiger partial charge in [-0.25, -0.2) is 0 Å². The van der Waals surface area contributed by atoms with E-state index < -0.39 is 0 Å². The maximum atomic E-state index is 5.86. The number of benzene rings is 1. The van der Waals surface area contributed by atoms with Crippen molar-refractivity contribution in [2.24, 2.45) is 0 Å². The molecule has 3 aromatic heterocycles. The smallest absolute Gasteiger partial charge is 0.231 e. The summed E-state index contributed by atoms with van der Waals surface area (Å²) in [5.41, 5.74) is 6.65. The van der Waals surface area contributed by atoms with Gasteiger partial charge in [0, 0.05) is 48.3 Å². The number of rotatable bonds is 5. The van der Waals surface area contributed by atoms with Crippen LogP contribution in [0.1, 0.15) is 40.3 Å². The molecule has 35 heavy (non-hydrogen) atoms. The first-order chi connectivity index (χ1) is 17.1. The zero-order chi connectivity index (χ0) is 23.9. The van der Waals surface area contributed by atoms with E-state index in [0.717, 1.165) is 44.9 Å². The van der Waals surface area contributed by atoms with E-state index in [1.807, 2.05) is 55.0 Å². The highest BCUT2D eigenvalue weighted by molar-refractivity contribution is 7.80. The Hall–Kier alpha value is -3.91. The highest BCUT2D eigenvalue weighted by atomic mass is 32.1. The Labute approximate surface area is 209 Å². The van der Waals surface area contributed by atoms with Crippen molar-refractivity contribution < 1.29 is 9.47 Å². The third kappa shape index (κ3) is 3.80. The molecule has 2 aliphatic rings. The van der Waals surface area contributed by atoms with Gasteiger partial charge in [-0.05, 0) is 79.7 Å². The second kappa shape index (κ2) is 8.70. The zero-order valence-corrected chi connectivity index (χ0v) is 20.3. The van der Waals surface area contributed by atoms with E-state index in [1.54, 1.807) is 0 Å². The van der Waals surface area contributed by atoms with Gasteiger partial charge in [0.1, 0.15) is 0 Å². The minimum atomic E-state index is -0.0729. The summed E-state index contributed by atoms with van der Waals surface area (Å²) in [5.74, 6) is 1.55. The molecule has 8 heteroatoms. The van der Waals surface area contributed by atoms with Crippen molar-refractivity contribution in [1.29, 1.82) is 0 Å². The fourth-order valence-corrected chi connectivity index (χ4v) is 5.41. The van der Waals surface area contributed by atoms with Crippen LogP contribution in [-0.4, -0.2) is 31.3 Å². The van der Waals surface area contributed by atoms with Gasteiger partial charge in [0.15, 0.2) is 16.6 Å². The molecule has 0 unspecified atom stereocenters. The largest absolute Gasteiger partial charge is 0.454 e. The number of pyridine rings is 2. The van der Waals surface area contributed by atoms with Gasteiger partial charge in [-0.2, -0.15) is 0 Å². The van der Waals surface area contributed by atoms with Gasteiger partial charge in [0.05, 0.1) is 17.8 Å². The summed E-state index contributed by atoms with van der Waals surface area (Å²) in [6, 6.07) is 18.3. The predicted molar refractivity (Wildman–Crippen MR) is 137 cm³/mol. The molecule has 0 aliphatic carbocycles. The van der Waals surface area contributed by atoms with E-state index in [1.165, 1.54) is 5.56 Å². The Kier molecular flexibility index (Phi) is 5.37. The number of thiocarbonyl (C=S) groups is 1. The molecule has 2 aliphatic heterocycles. The lowest BCUT2D eigenvalue weighted by atomic mass is 9.96. The molecular formula is C27H25N5O2S. The molecule has 6 rings (SSSR count). The summed E-state index contributed by atoms with van der Waals surface area (Å²) < 4.78 is 13.4. The lowest BCUT2D eigenvalue weighted by Crippen LogP contribution is -2.29. The Balaban J connectivity index is 1.45. The first-order valence-electron chi connectivity index (χ1n) is 11.6. The van der Waals surface area contributed by atoms with E-state index in [2.05, 4.69) is 56.8 Å². The molecule has 1 saturated heterocycles. The lowest BCUT2D eigenvalue weighted by molar-refractivity contribution is 0.174. The Bertz CT molecular complexity index is 1390. The predicted octanol–water partition coefficient (Wildman–Crippen LogP) is 4.79. The third-order valence-electron chi connectivity index (χ3n) is 6.70. The van der Waals surface area contributed by atoms with Crippen LogP contribution < -0.4 is 14.8 Å². The summed E-state index contributed by atoms with van der Waals surface area (Å²) in [6.07, 6.45) is 5.47. The number of nitrogens with one attached hydrogen (secondary N) is 1. The fraction of sp³-hybridized carbons (Fsp3) is 0.222. The quantitative estimate of drug-likeness (QED) is 0.410. The monoisotopic (exact) mass is 483 g/mol. The summed E-state index contributed by atoms with van der Waals surface area (Å²) in [4.78, 5) is 11.1. The molecule has 5 heterocycles. The minimum absolute atomic E-state index is 0.0282. The van der Waals surface area contributed by atoms with Crippen LogP contribution in [0.5, 0.6) is 11.5 Å². The molecule has 0 saturated carbocycles. The first kappa shape index (κ1) is 21.6. The van der Waals surface area contributed by atoms with Crippen LogP contribution in [-0.2, 0) is 6.54 Å². The third-order valence-corrected chi connectivity index (χ3v) is 7.06. The maximum absolute atomic E-state index is 5.86. The molecule has 1 aromatic carbocycles. The highest BCUT2D eigenvalue weighted by Crippen LogP contribution is 2.43. The van der Waals surface area contributed by atoms with Gasteiger partial charge in [-0.15, -0.1) is 0 Å². The molecule has 176 valence electrons. The molecule has 7 nitrogen and oxygen atoms in total. The normalized spacial score (nSPS) is 18.7. The van der Waals surface area contributed by atoms with Crippen LogP contribution in [0.25, 0.3) is 5.69 Å². The molecule has 4 aromatic rings. The molecule has 1 fully saturated rings. The molecule has 0 radical (unpaired) electrons. The van der Waals surface area contributed by atoms with Crippen LogP contribution >= 0.6 is 12.2 Å². The van der Waals surface area contributed by atoms with Crippen LogP contribution in [0.3, 0.4) is 0 Å². The van der Waals surface area contributed by atoms with Crippen molar-refractivity contribution in [2.75, 3.05) is 6.79 Å². The SMILES string of the molecule is Cc1cc([C@H]2[C@@H](c3ccccn3)NC(=S)N2Cc2ccncc2)c(C)n1-c1ccc2c(c1)OCO2. The van der Waals surface area contributed by atoms with E-state index in [4.69, 9.17) is 21.7 Å². The van der Waals surface area contributed by atoms with E-state index >= 15 is 0 Å². The summed E-state index contributed by atoms with van der Waals surface area (Å²) in [6.45, 7) is 5.23. The number of aryl methyl sites for hydroxylation is 1. The number of aromatic nitrogens is 3. The number of hydrogen-bond acceptors (Lipinski definition) is 5. The Morgan fingerprint density at radius 1 is 1.00 bits per heavy atom. The zero-order valence-electron chi connectivity index (χ0n) is 19.5. The van der Waals surface area contributed by atoms with Crippen molar-refractivity contribution in [3.63, 3.8) is 0 Å². The van der Waals surface area contributed by atoms with Crippen LogP contribution in [0.4, 0.5) is 0 Å². The van der Waals surface area contributed by atoms with Crippen molar-refractivity contribution in [3.8, 4) is 17.2 Å². The fourth-order valence-electron chi connectivity index (χ4n) is 5.11. The highest BCUT2D eigenvalue weighted by Gasteiger charge is 2.41. The van der Waals surface area contributed by atoms with Crippen molar-refractivity contribution in [1.82, 2.24) is 24.8 Å². The Morgan fingerprint density at radius 3 is 2.63 bits per heavy atom. The molecule has 0 spiro atoms. The standard InChI is InChI=1S/C27H25N5O2S/c1-17-13-21(18(2)32(17)20-6-7-23-24(14-20)34-16-33-23)26-25(22-5-3-4-10-29-22)30-27(35)31(26)15-19-8-11-28-12-9-19/h3-14,25-26H,15-16H2,1-2H3,(H,30,35)/t25-,26+/m1/s1. The average molecular weight is 484 g/mol. The summed E-state index contributed by atoms with van der Waals surface area (Å²) in [5, 5.41) is 4.27. The topological polar surface area (TPSA) is 64.4 Å². The van der Waals surface area contributed by atoms with Crippen molar-refractivity contribution in [2.45, 2.75) is 32.5 Å². The van der Waals surface area contributed by atoms with Gasteiger partial charge in [-0.3, -0.25) is 9.97 Å². The van der Waals surface area contributed by atoms with Gasteiger partial charge in [0.25, 0.3) is 0 Å². The van der Waals surface area contributed by atoms with Crippen LogP contribution in [0, 0.1) is 13.8 Å². The summed E-state index contributed by atoms with van der Waals surface area (Å²) >= 11 is 5.86. The van der Waals surface area contributed by atoms with Crippen LogP contribution in [0.15, 0.2) is 73.2 Å². The van der Waals surface area contributed by atoms with E-state index in [-0.39, 0.29) is 18.9 Å².